The summed E-state index contributed by atoms with van der Waals surface area (Å²) in [6, 6.07) is 10.3. The molecule has 18 heavy (non-hydrogen) atoms. The van der Waals surface area contributed by atoms with Crippen LogP contribution in [-0.2, 0) is 16.1 Å². The van der Waals surface area contributed by atoms with E-state index < -0.39 is 0 Å². The van der Waals surface area contributed by atoms with Gasteiger partial charge in [0.25, 0.3) is 0 Å². The molecule has 1 aromatic rings. The molecule has 0 radical (unpaired) electrons. The molecule has 1 N–H and O–H groups in total. The Morgan fingerprint density at radius 3 is 2.72 bits per heavy atom. The Morgan fingerprint density at radius 1 is 1.33 bits per heavy atom. The minimum Gasteiger partial charge on any atom is -0.371 e. The summed E-state index contributed by atoms with van der Waals surface area (Å²) in [5, 5.41) is 3.01. The van der Waals surface area contributed by atoms with E-state index in [2.05, 4.69) is 19.2 Å². The van der Waals surface area contributed by atoms with Crippen LogP contribution in [0.2, 0.25) is 0 Å². The van der Waals surface area contributed by atoms with Gasteiger partial charge in [-0.1, -0.05) is 44.2 Å². The van der Waals surface area contributed by atoms with Gasteiger partial charge in [0.1, 0.15) is 0 Å². The zero-order chi connectivity index (χ0) is 13.0. The van der Waals surface area contributed by atoms with Crippen molar-refractivity contribution in [2.45, 2.75) is 45.4 Å². The SMILES string of the molecule is CC(C)C[C@H]1NC(=O)C[C@@H]1OCc1ccccc1. The number of benzene rings is 1. The van der Waals surface area contributed by atoms with Crippen LogP contribution < -0.4 is 5.32 Å². The molecular weight excluding hydrogens is 226 g/mol. The molecule has 3 heteroatoms. The third kappa shape index (κ3) is 3.57. The number of carbonyl (C=O) groups is 1. The van der Waals surface area contributed by atoms with Gasteiger partial charge >= 0.3 is 0 Å². The van der Waals surface area contributed by atoms with Crippen molar-refractivity contribution in [2.24, 2.45) is 5.92 Å². The molecule has 3 nitrogen and oxygen atoms in total. The Balaban J connectivity index is 1.89. The van der Waals surface area contributed by atoms with E-state index in [0.717, 1.165) is 12.0 Å². The average molecular weight is 247 g/mol. The average Bonchev–Trinajstić information content (AvgIpc) is 2.67. The normalized spacial score (nSPS) is 23.4. The van der Waals surface area contributed by atoms with Crippen LogP contribution in [0.4, 0.5) is 0 Å². The number of hydrogen-bond donors (Lipinski definition) is 1. The second kappa shape index (κ2) is 6.01. The second-order valence-corrected chi connectivity index (χ2v) is 5.34. The molecule has 0 unspecified atom stereocenters. The number of carbonyl (C=O) groups excluding carboxylic acids is 1. The van der Waals surface area contributed by atoms with Gasteiger partial charge in [0.15, 0.2) is 0 Å². The van der Waals surface area contributed by atoms with Crippen molar-refractivity contribution in [1.82, 2.24) is 5.32 Å². The molecule has 1 aliphatic rings. The van der Waals surface area contributed by atoms with Crippen LogP contribution in [-0.4, -0.2) is 18.1 Å². The molecule has 1 fully saturated rings. The first-order valence-electron chi connectivity index (χ1n) is 6.60. The number of ether oxygens (including phenoxy) is 1. The summed E-state index contributed by atoms with van der Waals surface area (Å²) in [5.41, 5.74) is 1.15. The quantitative estimate of drug-likeness (QED) is 0.868. The van der Waals surface area contributed by atoms with Gasteiger partial charge in [-0.05, 0) is 17.9 Å². The van der Waals surface area contributed by atoms with Crippen molar-refractivity contribution < 1.29 is 9.53 Å². The van der Waals surface area contributed by atoms with Gasteiger partial charge in [-0.2, -0.15) is 0 Å². The summed E-state index contributed by atoms with van der Waals surface area (Å²) in [7, 11) is 0. The molecular formula is C15H21NO2. The van der Waals surface area contributed by atoms with Crippen molar-refractivity contribution in [3.8, 4) is 0 Å². The van der Waals surface area contributed by atoms with Crippen LogP contribution in [0.15, 0.2) is 30.3 Å². The van der Waals surface area contributed by atoms with Crippen LogP contribution >= 0.6 is 0 Å². The number of hydrogen-bond acceptors (Lipinski definition) is 2. The third-order valence-corrected chi connectivity index (χ3v) is 3.21. The van der Waals surface area contributed by atoms with E-state index in [-0.39, 0.29) is 18.1 Å². The summed E-state index contributed by atoms with van der Waals surface area (Å²) in [5.74, 6) is 0.676. The lowest BCUT2D eigenvalue weighted by Gasteiger charge is -2.21. The smallest absolute Gasteiger partial charge is 0.223 e. The summed E-state index contributed by atoms with van der Waals surface area (Å²) in [6.07, 6.45) is 1.48. The van der Waals surface area contributed by atoms with E-state index in [4.69, 9.17) is 4.74 Å². The van der Waals surface area contributed by atoms with E-state index in [1.807, 2.05) is 30.3 Å². The van der Waals surface area contributed by atoms with Gasteiger partial charge < -0.3 is 10.1 Å². The lowest BCUT2D eigenvalue weighted by molar-refractivity contribution is -0.119. The summed E-state index contributed by atoms with van der Waals surface area (Å²) < 4.78 is 5.89. The highest BCUT2D eigenvalue weighted by molar-refractivity contribution is 5.79. The zero-order valence-electron chi connectivity index (χ0n) is 11.1. The maximum absolute atomic E-state index is 11.5. The van der Waals surface area contributed by atoms with Gasteiger partial charge in [0, 0.05) is 0 Å². The Kier molecular flexibility index (Phi) is 4.37. The summed E-state index contributed by atoms with van der Waals surface area (Å²) >= 11 is 0. The topological polar surface area (TPSA) is 38.3 Å². The van der Waals surface area contributed by atoms with E-state index in [9.17, 15) is 4.79 Å². The molecule has 1 heterocycles. The monoisotopic (exact) mass is 247 g/mol. The van der Waals surface area contributed by atoms with Gasteiger partial charge in [-0.25, -0.2) is 0 Å². The lowest BCUT2D eigenvalue weighted by atomic mass is 10.0. The summed E-state index contributed by atoms with van der Waals surface area (Å²) in [4.78, 5) is 11.5. The predicted molar refractivity (Wildman–Crippen MR) is 71.0 cm³/mol. The fraction of sp³-hybridized carbons (Fsp3) is 0.533. The molecule has 0 bridgehead atoms. The molecule has 0 aromatic heterocycles. The first kappa shape index (κ1) is 13.1. The lowest BCUT2D eigenvalue weighted by Crippen LogP contribution is -2.34. The summed E-state index contributed by atoms with van der Waals surface area (Å²) in [6.45, 7) is 4.91. The number of amides is 1. The molecule has 2 atom stereocenters. The zero-order valence-corrected chi connectivity index (χ0v) is 11.1. The highest BCUT2D eigenvalue weighted by Gasteiger charge is 2.33. The predicted octanol–water partition coefficient (Wildman–Crippen LogP) is 2.51. The number of nitrogens with one attached hydrogen (secondary N) is 1. The fourth-order valence-corrected chi connectivity index (χ4v) is 2.35. The first-order chi connectivity index (χ1) is 8.65. The van der Waals surface area contributed by atoms with Gasteiger partial charge in [0.05, 0.1) is 25.2 Å². The maximum Gasteiger partial charge on any atom is 0.223 e. The minimum atomic E-state index is 0.0140. The third-order valence-electron chi connectivity index (χ3n) is 3.21. The Labute approximate surface area is 109 Å². The van der Waals surface area contributed by atoms with Gasteiger partial charge in [-0.3, -0.25) is 4.79 Å². The minimum absolute atomic E-state index is 0.0140. The Morgan fingerprint density at radius 2 is 2.06 bits per heavy atom. The Hall–Kier alpha value is -1.35. The highest BCUT2D eigenvalue weighted by atomic mass is 16.5. The molecule has 98 valence electrons. The molecule has 0 saturated carbocycles. The van der Waals surface area contributed by atoms with Crippen molar-refractivity contribution in [2.75, 3.05) is 0 Å². The van der Waals surface area contributed by atoms with Crippen LogP contribution in [0.3, 0.4) is 0 Å². The van der Waals surface area contributed by atoms with Gasteiger partial charge in [-0.15, -0.1) is 0 Å². The number of rotatable bonds is 5. The van der Waals surface area contributed by atoms with Crippen LogP contribution in [0.5, 0.6) is 0 Å². The van der Waals surface area contributed by atoms with Crippen LogP contribution in [0.25, 0.3) is 0 Å². The van der Waals surface area contributed by atoms with Crippen LogP contribution in [0.1, 0.15) is 32.3 Å². The highest BCUT2D eigenvalue weighted by Crippen LogP contribution is 2.20. The van der Waals surface area contributed by atoms with Crippen molar-refractivity contribution in [1.29, 1.82) is 0 Å². The standard InChI is InChI=1S/C15H21NO2/c1-11(2)8-13-14(9-15(17)16-13)18-10-12-6-4-3-5-7-12/h3-7,11,13-14H,8-10H2,1-2H3,(H,16,17)/t13-,14+/m1/s1. The van der Waals surface area contributed by atoms with E-state index in [1.54, 1.807) is 0 Å². The molecule has 0 aliphatic carbocycles. The van der Waals surface area contributed by atoms with Crippen molar-refractivity contribution in [3.63, 3.8) is 0 Å². The van der Waals surface area contributed by atoms with E-state index in [1.165, 1.54) is 0 Å². The van der Waals surface area contributed by atoms with E-state index in [0.29, 0.717) is 18.9 Å². The molecule has 0 spiro atoms. The molecule has 1 aliphatic heterocycles. The van der Waals surface area contributed by atoms with E-state index >= 15 is 0 Å². The fourth-order valence-electron chi connectivity index (χ4n) is 2.35. The van der Waals surface area contributed by atoms with Gasteiger partial charge in [0.2, 0.25) is 5.91 Å². The maximum atomic E-state index is 11.5. The van der Waals surface area contributed by atoms with Crippen molar-refractivity contribution in [3.05, 3.63) is 35.9 Å². The first-order valence-corrected chi connectivity index (χ1v) is 6.60. The molecule has 1 saturated heterocycles. The van der Waals surface area contributed by atoms with Crippen LogP contribution in [0, 0.1) is 5.92 Å². The molecule has 1 amide bonds. The largest absolute Gasteiger partial charge is 0.371 e. The Bertz CT molecular complexity index is 389. The molecule has 1 aromatic carbocycles. The van der Waals surface area contributed by atoms with Crippen molar-refractivity contribution >= 4 is 5.91 Å². The molecule has 2 rings (SSSR count). The second-order valence-electron chi connectivity index (χ2n) is 5.34.